The molecule has 0 amide bonds. The lowest BCUT2D eigenvalue weighted by Crippen LogP contribution is -2.02. The molecular formula is C23H24N4O2. The lowest BCUT2D eigenvalue weighted by Gasteiger charge is -2.08. The van der Waals surface area contributed by atoms with Gasteiger partial charge in [-0.2, -0.15) is 5.10 Å². The molecule has 148 valence electrons. The molecule has 4 rings (SSSR count). The zero-order chi connectivity index (χ0) is 20.1. The Morgan fingerprint density at radius 2 is 1.86 bits per heavy atom. The number of hydrogen-bond acceptors (Lipinski definition) is 5. The molecule has 0 atom stereocenters. The van der Waals surface area contributed by atoms with Crippen LogP contribution in [0.4, 0.5) is 5.82 Å². The van der Waals surface area contributed by atoms with Crippen molar-refractivity contribution in [2.45, 2.75) is 25.9 Å². The summed E-state index contributed by atoms with van der Waals surface area (Å²) in [7, 11) is 0. The van der Waals surface area contributed by atoms with Crippen LogP contribution in [0.3, 0.4) is 0 Å². The molecule has 0 spiro atoms. The Hall–Kier alpha value is -3.38. The molecule has 0 bridgehead atoms. The molecule has 2 heterocycles. The van der Waals surface area contributed by atoms with Crippen molar-refractivity contribution >= 4 is 11.3 Å². The lowest BCUT2D eigenvalue weighted by atomic mass is 10.1. The van der Waals surface area contributed by atoms with E-state index in [-0.39, 0.29) is 6.61 Å². The van der Waals surface area contributed by atoms with Crippen LogP contribution in [0.2, 0.25) is 0 Å². The maximum absolute atomic E-state index is 9.08. The van der Waals surface area contributed by atoms with Gasteiger partial charge in [-0.3, -0.25) is 0 Å². The standard InChI is InChI=1S/C23H24N4O2/c24-23-22-21(14-19(10-4-5-12-28)27(22)26-16-25-23)18-9-6-11-20(13-18)29-15-17-7-2-1-3-8-17/h1-3,6-9,11,13-14,16,28H,4-5,10,12,15H2,(H2,24,25,26). The number of benzene rings is 2. The van der Waals surface area contributed by atoms with Crippen LogP contribution in [-0.2, 0) is 13.0 Å². The molecule has 0 saturated heterocycles. The highest BCUT2D eigenvalue weighted by molar-refractivity contribution is 5.88. The number of unbranched alkanes of at least 4 members (excludes halogenated alkanes) is 1. The minimum absolute atomic E-state index is 0.189. The number of aliphatic hydroxyl groups is 1. The largest absolute Gasteiger partial charge is 0.489 e. The van der Waals surface area contributed by atoms with Gasteiger partial charge in [-0.25, -0.2) is 9.50 Å². The van der Waals surface area contributed by atoms with Gasteiger partial charge in [-0.05, 0) is 48.6 Å². The quantitative estimate of drug-likeness (QED) is 0.448. The van der Waals surface area contributed by atoms with E-state index >= 15 is 0 Å². The Morgan fingerprint density at radius 1 is 1.00 bits per heavy atom. The van der Waals surface area contributed by atoms with Crippen molar-refractivity contribution in [2.24, 2.45) is 0 Å². The van der Waals surface area contributed by atoms with Crippen molar-refractivity contribution in [3.8, 4) is 16.9 Å². The van der Waals surface area contributed by atoms with E-state index in [9.17, 15) is 0 Å². The van der Waals surface area contributed by atoms with Gasteiger partial charge in [0, 0.05) is 17.9 Å². The Bertz CT molecular complexity index is 1090. The molecule has 0 aliphatic rings. The van der Waals surface area contributed by atoms with Gasteiger partial charge in [-0.15, -0.1) is 0 Å². The summed E-state index contributed by atoms with van der Waals surface area (Å²) in [4.78, 5) is 4.18. The monoisotopic (exact) mass is 388 g/mol. The Kier molecular flexibility index (Phi) is 5.72. The highest BCUT2D eigenvalue weighted by Gasteiger charge is 2.15. The summed E-state index contributed by atoms with van der Waals surface area (Å²) in [5, 5.41) is 13.5. The second-order valence-electron chi connectivity index (χ2n) is 6.94. The second-order valence-corrected chi connectivity index (χ2v) is 6.94. The number of rotatable bonds is 8. The number of hydrogen-bond donors (Lipinski definition) is 2. The van der Waals surface area contributed by atoms with E-state index in [0.29, 0.717) is 12.4 Å². The second kappa shape index (κ2) is 8.75. The lowest BCUT2D eigenvalue weighted by molar-refractivity contribution is 0.284. The summed E-state index contributed by atoms with van der Waals surface area (Å²) in [6.45, 7) is 0.701. The van der Waals surface area contributed by atoms with E-state index < -0.39 is 0 Å². The van der Waals surface area contributed by atoms with E-state index in [2.05, 4.69) is 16.1 Å². The van der Waals surface area contributed by atoms with Crippen LogP contribution >= 0.6 is 0 Å². The first-order valence-corrected chi connectivity index (χ1v) is 9.75. The summed E-state index contributed by atoms with van der Waals surface area (Å²) < 4.78 is 7.84. The van der Waals surface area contributed by atoms with Gasteiger partial charge >= 0.3 is 0 Å². The van der Waals surface area contributed by atoms with Crippen molar-refractivity contribution in [2.75, 3.05) is 12.3 Å². The number of anilines is 1. The number of nitrogens with zero attached hydrogens (tertiary/aromatic N) is 3. The summed E-state index contributed by atoms with van der Waals surface area (Å²) in [5.41, 5.74) is 11.1. The first-order chi connectivity index (χ1) is 14.3. The van der Waals surface area contributed by atoms with Crippen molar-refractivity contribution < 1.29 is 9.84 Å². The van der Waals surface area contributed by atoms with E-state index in [1.165, 1.54) is 6.33 Å². The molecule has 0 saturated carbocycles. The predicted octanol–water partition coefficient (Wildman–Crippen LogP) is 3.87. The SMILES string of the molecule is Nc1ncnn2c(CCCCO)cc(-c3cccc(OCc4ccccc4)c3)c12. The number of nitrogen functional groups attached to an aromatic ring is 1. The number of aliphatic hydroxyl groups excluding tert-OH is 1. The average Bonchev–Trinajstić information content (AvgIpc) is 3.14. The fourth-order valence-electron chi connectivity index (χ4n) is 3.44. The molecule has 6 heteroatoms. The average molecular weight is 388 g/mol. The maximum Gasteiger partial charge on any atom is 0.151 e. The number of fused-ring (bicyclic) bond motifs is 1. The van der Waals surface area contributed by atoms with Crippen LogP contribution in [0.25, 0.3) is 16.6 Å². The molecule has 6 nitrogen and oxygen atoms in total. The summed E-state index contributed by atoms with van der Waals surface area (Å²) in [5.74, 6) is 1.24. The molecule has 0 fully saturated rings. The van der Waals surface area contributed by atoms with Gasteiger partial charge in [0.1, 0.15) is 24.2 Å². The number of nitrogens with two attached hydrogens (primary N) is 1. The van der Waals surface area contributed by atoms with Crippen LogP contribution < -0.4 is 10.5 Å². The van der Waals surface area contributed by atoms with Crippen molar-refractivity contribution in [3.05, 3.63) is 78.2 Å². The van der Waals surface area contributed by atoms with Crippen molar-refractivity contribution in [3.63, 3.8) is 0 Å². The Morgan fingerprint density at radius 3 is 2.69 bits per heavy atom. The summed E-state index contributed by atoms with van der Waals surface area (Å²) in [6, 6.07) is 20.2. The summed E-state index contributed by atoms with van der Waals surface area (Å²) >= 11 is 0. The Balaban J connectivity index is 1.65. The fraction of sp³-hybridized carbons (Fsp3) is 0.217. The molecule has 2 aromatic heterocycles. The van der Waals surface area contributed by atoms with Gasteiger partial charge in [-0.1, -0.05) is 42.5 Å². The molecule has 29 heavy (non-hydrogen) atoms. The molecule has 0 radical (unpaired) electrons. The van der Waals surface area contributed by atoms with Crippen LogP contribution in [0.15, 0.2) is 67.0 Å². The van der Waals surface area contributed by atoms with Crippen LogP contribution in [0.5, 0.6) is 5.75 Å². The minimum atomic E-state index is 0.189. The Labute approximate surface area is 169 Å². The third-order valence-electron chi connectivity index (χ3n) is 4.89. The molecule has 0 aliphatic heterocycles. The number of aryl methyl sites for hydroxylation is 1. The zero-order valence-corrected chi connectivity index (χ0v) is 16.2. The molecular weight excluding hydrogens is 364 g/mol. The molecule has 2 aromatic carbocycles. The smallest absolute Gasteiger partial charge is 0.151 e. The van der Waals surface area contributed by atoms with Crippen molar-refractivity contribution in [1.82, 2.24) is 14.6 Å². The summed E-state index contributed by atoms with van der Waals surface area (Å²) in [6.07, 6.45) is 3.92. The van der Waals surface area contributed by atoms with E-state index in [1.54, 1.807) is 0 Å². The molecule has 3 N–H and O–H groups in total. The number of ether oxygens (including phenoxy) is 1. The van der Waals surface area contributed by atoms with E-state index in [1.807, 2.05) is 59.1 Å². The van der Waals surface area contributed by atoms with Crippen LogP contribution in [-0.4, -0.2) is 26.3 Å². The maximum atomic E-state index is 9.08. The van der Waals surface area contributed by atoms with E-state index in [4.69, 9.17) is 15.6 Å². The fourth-order valence-corrected chi connectivity index (χ4v) is 3.44. The van der Waals surface area contributed by atoms with Gasteiger partial charge in [0.25, 0.3) is 0 Å². The molecule has 4 aromatic rings. The predicted molar refractivity (Wildman–Crippen MR) is 114 cm³/mol. The van der Waals surface area contributed by atoms with Gasteiger partial charge in [0.2, 0.25) is 0 Å². The van der Waals surface area contributed by atoms with Gasteiger partial charge in [0.15, 0.2) is 5.82 Å². The van der Waals surface area contributed by atoms with Gasteiger partial charge in [0.05, 0.1) is 0 Å². The third-order valence-corrected chi connectivity index (χ3v) is 4.89. The van der Waals surface area contributed by atoms with Crippen LogP contribution in [0.1, 0.15) is 24.1 Å². The first-order valence-electron chi connectivity index (χ1n) is 9.75. The van der Waals surface area contributed by atoms with Crippen LogP contribution in [0, 0.1) is 0 Å². The van der Waals surface area contributed by atoms with Gasteiger partial charge < -0.3 is 15.6 Å². The topological polar surface area (TPSA) is 85.7 Å². The molecule has 0 aliphatic carbocycles. The molecule has 0 unspecified atom stereocenters. The minimum Gasteiger partial charge on any atom is -0.489 e. The number of aromatic nitrogens is 3. The zero-order valence-electron chi connectivity index (χ0n) is 16.2. The highest BCUT2D eigenvalue weighted by atomic mass is 16.5. The van der Waals surface area contributed by atoms with Crippen molar-refractivity contribution in [1.29, 1.82) is 0 Å². The first kappa shape index (κ1) is 19.0. The normalized spacial score (nSPS) is 11.1. The highest BCUT2D eigenvalue weighted by Crippen LogP contribution is 2.32. The third kappa shape index (κ3) is 4.22. The van der Waals surface area contributed by atoms with E-state index in [0.717, 1.165) is 52.9 Å².